The molecule has 2 N–H and O–H groups in total. The lowest BCUT2D eigenvalue weighted by atomic mass is 10.0. The lowest BCUT2D eigenvalue weighted by Gasteiger charge is -2.19. The summed E-state index contributed by atoms with van der Waals surface area (Å²) in [5.74, 6) is 0.437. The van der Waals surface area contributed by atoms with E-state index in [1.54, 1.807) is 0 Å². The zero-order chi connectivity index (χ0) is 11.3. The van der Waals surface area contributed by atoms with Crippen molar-refractivity contribution in [3.63, 3.8) is 0 Å². The molecule has 1 aliphatic rings. The Hall–Kier alpha value is -1.08. The van der Waals surface area contributed by atoms with Gasteiger partial charge in [0.25, 0.3) is 0 Å². The van der Waals surface area contributed by atoms with Crippen molar-refractivity contribution in [1.82, 2.24) is 10.6 Å². The van der Waals surface area contributed by atoms with Crippen molar-refractivity contribution in [2.75, 3.05) is 6.54 Å². The van der Waals surface area contributed by atoms with Crippen molar-refractivity contribution in [3.05, 3.63) is 0 Å². The molecular formula is C11H19N3O. The maximum absolute atomic E-state index is 11.8. The van der Waals surface area contributed by atoms with E-state index in [2.05, 4.69) is 23.6 Å². The molecule has 3 unspecified atom stereocenters. The number of hydrogen-bond acceptors (Lipinski definition) is 3. The minimum Gasteiger partial charge on any atom is -0.351 e. The Morgan fingerprint density at radius 2 is 2.47 bits per heavy atom. The molecular weight excluding hydrogens is 190 g/mol. The lowest BCUT2D eigenvalue weighted by molar-refractivity contribution is -0.124. The summed E-state index contributed by atoms with van der Waals surface area (Å²) in [5.41, 5.74) is 0. The van der Waals surface area contributed by atoms with Crippen LogP contribution in [0.3, 0.4) is 0 Å². The Balaban J connectivity index is 2.43. The van der Waals surface area contributed by atoms with E-state index in [-0.39, 0.29) is 18.0 Å². The predicted molar refractivity (Wildman–Crippen MR) is 58.0 cm³/mol. The minimum atomic E-state index is -0.0715. The molecule has 1 saturated heterocycles. The quantitative estimate of drug-likeness (QED) is 0.719. The topological polar surface area (TPSA) is 64.9 Å². The van der Waals surface area contributed by atoms with Gasteiger partial charge in [-0.15, -0.1) is 0 Å². The van der Waals surface area contributed by atoms with Crippen LogP contribution in [0.25, 0.3) is 0 Å². The van der Waals surface area contributed by atoms with Gasteiger partial charge in [0.15, 0.2) is 0 Å². The summed E-state index contributed by atoms with van der Waals surface area (Å²) in [6.07, 6.45) is 2.25. The van der Waals surface area contributed by atoms with E-state index < -0.39 is 0 Å². The van der Waals surface area contributed by atoms with E-state index in [9.17, 15) is 4.79 Å². The van der Waals surface area contributed by atoms with Crippen LogP contribution in [0.4, 0.5) is 0 Å². The minimum absolute atomic E-state index is 0.00269. The second-order valence-electron chi connectivity index (χ2n) is 4.17. The Bertz CT molecular complexity index is 259. The Morgan fingerprint density at radius 3 is 2.93 bits per heavy atom. The van der Waals surface area contributed by atoms with Crippen molar-refractivity contribution in [3.8, 4) is 6.07 Å². The molecule has 0 spiro atoms. The normalized spacial score (nSPS) is 27.0. The summed E-state index contributed by atoms with van der Waals surface area (Å²) in [7, 11) is 0. The molecule has 0 aromatic rings. The van der Waals surface area contributed by atoms with Crippen LogP contribution in [-0.2, 0) is 4.79 Å². The highest BCUT2D eigenvalue weighted by molar-refractivity contribution is 5.82. The van der Waals surface area contributed by atoms with Gasteiger partial charge in [0.1, 0.15) is 0 Å². The average Bonchev–Trinajstić information content (AvgIpc) is 2.63. The second kappa shape index (κ2) is 5.72. The molecule has 1 aliphatic heterocycles. The Morgan fingerprint density at radius 1 is 1.73 bits per heavy atom. The summed E-state index contributed by atoms with van der Waals surface area (Å²) in [5, 5.41) is 14.7. The standard InChI is InChI=1S/C11H19N3O/c1-3-9(4-6-12)14-11(15)10-8(2)5-7-13-10/h8-10,13H,3-5,7H2,1-2H3,(H,14,15). The smallest absolute Gasteiger partial charge is 0.237 e. The first-order chi connectivity index (χ1) is 7.19. The van der Waals surface area contributed by atoms with Crippen molar-refractivity contribution in [2.45, 2.75) is 45.2 Å². The SMILES string of the molecule is CCC(CC#N)NC(=O)C1NCCC1C. The molecule has 3 atom stereocenters. The first-order valence-electron chi connectivity index (χ1n) is 5.59. The van der Waals surface area contributed by atoms with Gasteiger partial charge in [-0.3, -0.25) is 4.79 Å². The third-order valence-corrected chi connectivity index (χ3v) is 2.99. The summed E-state index contributed by atoms with van der Waals surface area (Å²) in [6.45, 7) is 4.97. The zero-order valence-corrected chi connectivity index (χ0v) is 9.42. The first-order valence-corrected chi connectivity index (χ1v) is 5.59. The van der Waals surface area contributed by atoms with Crippen LogP contribution in [0.2, 0.25) is 0 Å². The first kappa shape index (κ1) is 12.0. The van der Waals surface area contributed by atoms with Crippen molar-refractivity contribution in [1.29, 1.82) is 5.26 Å². The van der Waals surface area contributed by atoms with Crippen LogP contribution in [-0.4, -0.2) is 24.5 Å². The molecule has 1 fully saturated rings. The molecule has 0 saturated carbocycles. The molecule has 0 aromatic heterocycles. The maximum atomic E-state index is 11.8. The molecule has 4 heteroatoms. The van der Waals surface area contributed by atoms with Crippen LogP contribution in [0, 0.1) is 17.2 Å². The van der Waals surface area contributed by atoms with Gasteiger partial charge in [0.05, 0.1) is 18.5 Å². The van der Waals surface area contributed by atoms with E-state index in [4.69, 9.17) is 5.26 Å². The summed E-state index contributed by atoms with van der Waals surface area (Å²) in [4.78, 5) is 11.8. The lowest BCUT2D eigenvalue weighted by Crippen LogP contribution is -2.47. The van der Waals surface area contributed by atoms with Crippen LogP contribution in [0.15, 0.2) is 0 Å². The predicted octanol–water partition coefficient (Wildman–Crippen LogP) is 0.793. The summed E-state index contributed by atoms with van der Waals surface area (Å²) in [6, 6.07) is 2.02. The van der Waals surface area contributed by atoms with E-state index in [1.165, 1.54) is 0 Å². The molecule has 0 aliphatic carbocycles. The van der Waals surface area contributed by atoms with Gasteiger partial charge < -0.3 is 10.6 Å². The average molecular weight is 209 g/mol. The number of amides is 1. The Kier molecular flexibility index (Phi) is 4.57. The zero-order valence-electron chi connectivity index (χ0n) is 9.42. The van der Waals surface area contributed by atoms with Gasteiger partial charge in [-0.1, -0.05) is 13.8 Å². The number of rotatable bonds is 4. The highest BCUT2D eigenvalue weighted by Crippen LogP contribution is 2.14. The highest BCUT2D eigenvalue weighted by Gasteiger charge is 2.29. The van der Waals surface area contributed by atoms with E-state index in [1.807, 2.05) is 6.92 Å². The van der Waals surface area contributed by atoms with Gasteiger partial charge >= 0.3 is 0 Å². The second-order valence-corrected chi connectivity index (χ2v) is 4.17. The molecule has 4 nitrogen and oxygen atoms in total. The van der Waals surface area contributed by atoms with Crippen molar-refractivity contribution < 1.29 is 4.79 Å². The van der Waals surface area contributed by atoms with E-state index in [0.717, 1.165) is 19.4 Å². The fourth-order valence-electron chi connectivity index (χ4n) is 1.88. The maximum Gasteiger partial charge on any atom is 0.237 e. The molecule has 15 heavy (non-hydrogen) atoms. The third-order valence-electron chi connectivity index (χ3n) is 2.99. The number of carbonyl (C=O) groups is 1. The van der Waals surface area contributed by atoms with Gasteiger partial charge in [-0.05, 0) is 25.3 Å². The van der Waals surface area contributed by atoms with Crippen molar-refractivity contribution in [2.24, 2.45) is 5.92 Å². The molecule has 1 heterocycles. The van der Waals surface area contributed by atoms with Crippen LogP contribution in [0.5, 0.6) is 0 Å². The largest absolute Gasteiger partial charge is 0.351 e. The Labute approximate surface area is 91.0 Å². The molecule has 0 aromatic carbocycles. The van der Waals surface area contributed by atoms with E-state index >= 15 is 0 Å². The molecule has 0 bridgehead atoms. The van der Waals surface area contributed by atoms with Crippen molar-refractivity contribution >= 4 is 5.91 Å². The summed E-state index contributed by atoms with van der Waals surface area (Å²) < 4.78 is 0. The number of hydrogen-bond donors (Lipinski definition) is 2. The van der Waals surface area contributed by atoms with Gasteiger partial charge in [0.2, 0.25) is 5.91 Å². The third kappa shape index (κ3) is 3.21. The van der Waals surface area contributed by atoms with Gasteiger partial charge in [0, 0.05) is 6.04 Å². The fraction of sp³-hybridized carbons (Fsp3) is 0.818. The highest BCUT2D eigenvalue weighted by atomic mass is 16.2. The fourth-order valence-corrected chi connectivity index (χ4v) is 1.88. The number of nitrogens with zero attached hydrogens (tertiary/aromatic N) is 1. The number of nitriles is 1. The number of carbonyl (C=O) groups excluding carboxylic acids is 1. The monoisotopic (exact) mass is 209 g/mol. The molecule has 1 rings (SSSR count). The van der Waals surface area contributed by atoms with Gasteiger partial charge in [-0.2, -0.15) is 5.26 Å². The van der Waals surface area contributed by atoms with Gasteiger partial charge in [-0.25, -0.2) is 0 Å². The molecule has 84 valence electrons. The van der Waals surface area contributed by atoms with Crippen LogP contribution in [0.1, 0.15) is 33.1 Å². The summed E-state index contributed by atoms with van der Waals surface area (Å²) >= 11 is 0. The molecule has 1 amide bonds. The molecule has 0 radical (unpaired) electrons. The number of nitrogens with one attached hydrogen (secondary N) is 2. The van der Waals surface area contributed by atoms with Crippen LogP contribution >= 0.6 is 0 Å². The van der Waals surface area contributed by atoms with Crippen LogP contribution < -0.4 is 10.6 Å². The van der Waals surface area contributed by atoms with E-state index in [0.29, 0.717) is 12.3 Å².